The van der Waals surface area contributed by atoms with Crippen LogP contribution in [0.3, 0.4) is 0 Å². The second-order valence-electron chi connectivity index (χ2n) is 3.35. The smallest absolute Gasteiger partial charge is 0.195 e. The molecule has 0 aromatic carbocycles. The fourth-order valence-corrected chi connectivity index (χ4v) is 1.74. The minimum atomic E-state index is 1.04. The Labute approximate surface area is 73.2 Å². The Bertz CT molecular complexity index is 210. The number of hydrogen-bond donors (Lipinski definition) is 0. The van der Waals surface area contributed by atoms with Gasteiger partial charge in [0.2, 0.25) is 0 Å². The zero-order valence-corrected chi connectivity index (χ0v) is 7.33. The van der Waals surface area contributed by atoms with Crippen molar-refractivity contribution in [2.75, 3.05) is 18.0 Å². The van der Waals surface area contributed by atoms with E-state index in [1.54, 1.807) is 6.26 Å². The zero-order valence-electron chi connectivity index (χ0n) is 7.33. The fourth-order valence-electron chi connectivity index (χ4n) is 1.74. The molecule has 1 aromatic rings. The monoisotopic (exact) mass is 165 g/mol. The van der Waals surface area contributed by atoms with Crippen LogP contribution in [-0.2, 0) is 0 Å². The number of rotatable bonds is 1. The lowest BCUT2D eigenvalue weighted by atomic mass is 10.2. The van der Waals surface area contributed by atoms with Crippen molar-refractivity contribution in [2.24, 2.45) is 0 Å². The van der Waals surface area contributed by atoms with Gasteiger partial charge < -0.3 is 9.32 Å². The van der Waals surface area contributed by atoms with Crippen molar-refractivity contribution in [3.05, 3.63) is 18.4 Å². The Kier molecular flexibility index (Phi) is 2.35. The van der Waals surface area contributed by atoms with E-state index in [9.17, 15) is 0 Å². The van der Waals surface area contributed by atoms with Crippen molar-refractivity contribution >= 4 is 5.88 Å². The first kappa shape index (κ1) is 7.71. The van der Waals surface area contributed by atoms with Crippen LogP contribution in [0, 0.1) is 0 Å². The van der Waals surface area contributed by atoms with Gasteiger partial charge in [-0.25, -0.2) is 0 Å². The quantitative estimate of drug-likeness (QED) is 0.636. The molecule has 1 aromatic heterocycles. The third-order valence-corrected chi connectivity index (χ3v) is 2.42. The topological polar surface area (TPSA) is 16.4 Å². The first-order valence-corrected chi connectivity index (χ1v) is 4.75. The van der Waals surface area contributed by atoms with Gasteiger partial charge in [-0.1, -0.05) is 12.8 Å². The van der Waals surface area contributed by atoms with Crippen LogP contribution < -0.4 is 4.90 Å². The molecule has 0 spiro atoms. The predicted octanol–water partition coefficient (Wildman–Crippen LogP) is 2.66. The van der Waals surface area contributed by atoms with E-state index in [0.29, 0.717) is 0 Å². The summed E-state index contributed by atoms with van der Waals surface area (Å²) in [6.07, 6.45) is 7.11. The van der Waals surface area contributed by atoms with Gasteiger partial charge in [0.05, 0.1) is 6.26 Å². The van der Waals surface area contributed by atoms with E-state index >= 15 is 0 Å². The normalized spacial score (nSPS) is 19.2. The Morgan fingerprint density at radius 1 is 1.08 bits per heavy atom. The molecule has 12 heavy (non-hydrogen) atoms. The first-order chi connectivity index (χ1) is 5.97. The lowest BCUT2D eigenvalue weighted by molar-refractivity contribution is 0.544. The van der Waals surface area contributed by atoms with Gasteiger partial charge >= 0.3 is 0 Å². The summed E-state index contributed by atoms with van der Waals surface area (Å²) in [6.45, 7) is 2.32. The van der Waals surface area contributed by atoms with Gasteiger partial charge in [-0.15, -0.1) is 0 Å². The third kappa shape index (κ3) is 1.63. The maximum Gasteiger partial charge on any atom is 0.195 e. The molecule has 0 atom stereocenters. The zero-order chi connectivity index (χ0) is 8.23. The van der Waals surface area contributed by atoms with E-state index < -0.39 is 0 Å². The molecule has 0 saturated carbocycles. The van der Waals surface area contributed by atoms with E-state index in [2.05, 4.69) is 4.90 Å². The predicted molar refractivity (Wildman–Crippen MR) is 49.4 cm³/mol. The van der Waals surface area contributed by atoms with Gasteiger partial charge in [-0.05, 0) is 18.9 Å². The van der Waals surface area contributed by atoms with Crippen LogP contribution in [0.4, 0.5) is 5.88 Å². The molecule has 0 bridgehead atoms. The first-order valence-electron chi connectivity index (χ1n) is 4.75. The molecule has 0 aliphatic carbocycles. The van der Waals surface area contributed by atoms with Crippen molar-refractivity contribution in [2.45, 2.75) is 25.7 Å². The SMILES string of the molecule is c1coc(N2CCCCCC2)c1. The van der Waals surface area contributed by atoms with Crippen LogP contribution in [0.15, 0.2) is 22.8 Å². The van der Waals surface area contributed by atoms with Gasteiger partial charge in [-0.3, -0.25) is 0 Å². The third-order valence-electron chi connectivity index (χ3n) is 2.42. The summed E-state index contributed by atoms with van der Waals surface area (Å²) < 4.78 is 5.35. The van der Waals surface area contributed by atoms with Gasteiger partial charge in [0.15, 0.2) is 5.88 Å². The van der Waals surface area contributed by atoms with Crippen molar-refractivity contribution in [1.82, 2.24) is 0 Å². The van der Waals surface area contributed by atoms with Gasteiger partial charge in [0.25, 0.3) is 0 Å². The highest BCUT2D eigenvalue weighted by Crippen LogP contribution is 2.19. The second kappa shape index (κ2) is 3.65. The molecular weight excluding hydrogens is 150 g/mol. The number of furan rings is 1. The molecule has 0 amide bonds. The lowest BCUT2D eigenvalue weighted by Gasteiger charge is -2.18. The van der Waals surface area contributed by atoms with E-state index in [-0.39, 0.29) is 0 Å². The number of anilines is 1. The molecule has 0 N–H and O–H groups in total. The number of hydrogen-bond acceptors (Lipinski definition) is 2. The van der Waals surface area contributed by atoms with E-state index in [1.165, 1.54) is 25.7 Å². The highest BCUT2D eigenvalue weighted by atomic mass is 16.3. The summed E-state index contributed by atoms with van der Waals surface area (Å²) in [5, 5.41) is 0. The Morgan fingerprint density at radius 2 is 1.83 bits per heavy atom. The number of nitrogens with zero attached hydrogens (tertiary/aromatic N) is 1. The Balaban J connectivity index is 2.02. The maximum absolute atomic E-state index is 5.35. The second-order valence-corrected chi connectivity index (χ2v) is 3.35. The minimum absolute atomic E-state index is 1.04. The fraction of sp³-hybridized carbons (Fsp3) is 0.600. The molecule has 2 nitrogen and oxygen atoms in total. The molecule has 0 radical (unpaired) electrons. The van der Waals surface area contributed by atoms with Crippen molar-refractivity contribution in [1.29, 1.82) is 0 Å². The average Bonchev–Trinajstić information content (AvgIpc) is 2.48. The standard InChI is InChI=1S/C10H15NO/c1-2-4-8-11(7-3-1)10-6-5-9-12-10/h5-6,9H,1-4,7-8H2. The highest BCUT2D eigenvalue weighted by Gasteiger charge is 2.10. The summed E-state index contributed by atoms with van der Waals surface area (Å²) in [7, 11) is 0. The summed E-state index contributed by atoms with van der Waals surface area (Å²) >= 11 is 0. The summed E-state index contributed by atoms with van der Waals surface area (Å²) in [5.74, 6) is 1.04. The minimum Gasteiger partial charge on any atom is -0.449 e. The largest absolute Gasteiger partial charge is 0.449 e. The van der Waals surface area contributed by atoms with Crippen LogP contribution in [0.5, 0.6) is 0 Å². The molecule has 1 aliphatic heterocycles. The van der Waals surface area contributed by atoms with Gasteiger partial charge in [0.1, 0.15) is 0 Å². The molecule has 2 rings (SSSR count). The molecule has 66 valence electrons. The maximum atomic E-state index is 5.35. The van der Waals surface area contributed by atoms with Crippen LogP contribution in [0.25, 0.3) is 0 Å². The van der Waals surface area contributed by atoms with Crippen molar-refractivity contribution < 1.29 is 4.42 Å². The van der Waals surface area contributed by atoms with Gasteiger partial charge in [-0.2, -0.15) is 0 Å². The van der Waals surface area contributed by atoms with E-state index in [1.807, 2.05) is 12.1 Å². The molecule has 1 fully saturated rings. The van der Waals surface area contributed by atoms with E-state index in [4.69, 9.17) is 4.42 Å². The van der Waals surface area contributed by atoms with Crippen LogP contribution in [0.2, 0.25) is 0 Å². The highest BCUT2D eigenvalue weighted by molar-refractivity contribution is 5.34. The average molecular weight is 165 g/mol. The lowest BCUT2D eigenvalue weighted by Crippen LogP contribution is -2.23. The summed E-state index contributed by atoms with van der Waals surface area (Å²) in [4.78, 5) is 2.34. The molecule has 1 aliphatic rings. The molecular formula is C10H15NO. The van der Waals surface area contributed by atoms with E-state index in [0.717, 1.165) is 19.0 Å². The van der Waals surface area contributed by atoms with Crippen molar-refractivity contribution in [3.63, 3.8) is 0 Å². The molecule has 2 heterocycles. The summed E-state index contributed by atoms with van der Waals surface area (Å²) in [6, 6.07) is 4.01. The summed E-state index contributed by atoms with van der Waals surface area (Å²) in [5.41, 5.74) is 0. The molecule has 1 saturated heterocycles. The van der Waals surface area contributed by atoms with Crippen molar-refractivity contribution in [3.8, 4) is 0 Å². The van der Waals surface area contributed by atoms with Gasteiger partial charge in [0, 0.05) is 19.2 Å². The van der Waals surface area contributed by atoms with Crippen LogP contribution in [0.1, 0.15) is 25.7 Å². The van der Waals surface area contributed by atoms with Crippen LogP contribution in [-0.4, -0.2) is 13.1 Å². The van der Waals surface area contributed by atoms with Crippen LogP contribution >= 0.6 is 0 Å². The molecule has 0 unspecified atom stereocenters. The Hall–Kier alpha value is -0.920. The molecule has 2 heteroatoms. The Morgan fingerprint density at radius 3 is 2.42 bits per heavy atom.